The van der Waals surface area contributed by atoms with Gasteiger partial charge in [0.15, 0.2) is 5.96 Å². The molecule has 0 bridgehead atoms. The van der Waals surface area contributed by atoms with E-state index >= 15 is 0 Å². The molecule has 1 aromatic heterocycles. The van der Waals surface area contributed by atoms with Gasteiger partial charge < -0.3 is 29.6 Å². The number of guanidine groups is 1. The first kappa shape index (κ1) is 22.5. The van der Waals surface area contributed by atoms with E-state index < -0.39 is 0 Å². The predicted molar refractivity (Wildman–Crippen MR) is 131 cm³/mol. The number of hydrogen-bond donors (Lipinski definition) is 2. The molecule has 0 saturated carbocycles. The number of nitrogens with zero attached hydrogens (tertiary/aromatic N) is 4. The van der Waals surface area contributed by atoms with Gasteiger partial charge >= 0.3 is 0 Å². The summed E-state index contributed by atoms with van der Waals surface area (Å²) in [6.07, 6.45) is 6.64. The largest absolute Gasteiger partial charge is 0.497 e. The molecule has 8 heteroatoms. The van der Waals surface area contributed by atoms with Crippen molar-refractivity contribution in [2.75, 3.05) is 39.3 Å². The third-order valence-electron chi connectivity index (χ3n) is 5.83. The minimum absolute atomic E-state index is 0.306. The van der Waals surface area contributed by atoms with Crippen molar-refractivity contribution in [2.45, 2.75) is 25.6 Å². The third-order valence-corrected chi connectivity index (χ3v) is 5.83. The van der Waals surface area contributed by atoms with Crippen LogP contribution in [0.3, 0.4) is 0 Å². The minimum atomic E-state index is 0.306. The Balaban J connectivity index is 1.31. The Hall–Kier alpha value is -3.68. The normalized spacial score (nSPS) is 16.0. The Morgan fingerprint density at radius 3 is 2.61 bits per heavy atom. The number of ether oxygens (including phenoxy) is 2. The van der Waals surface area contributed by atoms with Crippen LogP contribution < -0.4 is 25.0 Å². The molecule has 1 atom stereocenters. The molecule has 1 fully saturated rings. The van der Waals surface area contributed by atoms with Crippen molar-refractivity contribution >= 4 is 11.6 Å². The van der Waals surface area contributed by atoms with E-state index in [1.54, 1.807) is 20.4 Å². The quantitative estimate of drug-likeness (QED) is 0.408. The van der Waals surface area contributed by atoms with E-state index in [1.807, 2.05) is 25.6 Å². The van der Waals surface area contributed by atoms with Crippen molar-refractivity contribution in [3.63, 3.8) is 0 Å². The highest BCUT2D eigenvalue weighted by Crippen LogP contribution is 2.30. The van der Waals surface area contributed by atoms with E-state index in [1.165, 1.54) is 11.1 Å². The van der Waals surface area contributed by atoms with Gasteiger partial charge in [-0.25, -0.2) is 4.98 Å². The maximum absolute atomic E-state index is 5.42. The van der Waals surface area contributed by atoms with Gasteiger partial charge in [-0.1, -0.05) is 24.3 Å². The lowest BCUT2D eigenvalue weighted by Crippen LogP contribution is -2.44. The first-order valence-electron chi connectivity index (χ1n) is 11.2. The van der Waals surface area contributed by atoms with Gasteiger partial charge in [0.25, 0.3) is 0 Å². The highest BCUT2D eigenvalue weighted by Gasteiger charge is 2.24. The first-order valence-corrected chi connectivity index (χ1v) is 11.2. The summed E-state index contributed by atoms with van der Waals surface area (Å²) in [5, 5.41) is 7.02. The van der Waals surface area contributed by atoms with Gasteiger partial charge in [-0.15, -0.1) is 0 Å². The fourth-order valence-electron chi connectivity index (χ4n) is 4.09. The molecule has 1 aliphatic heterocycles. The van der Waals surface area contributed by atoms with Crippen LogP contribution in [0.4, 0.5) is 5.69 Å². The Morgan fingerprint density at radius 1 is 1.12 bits per heavy atom. The summed E-state index contributed by atoms with van der Waals surface area (Å²) in [6.45, 7) is 3.37. The van der Waals surface area contributed by atoms with Gasteiger partial charge in [0.05, 0.1) is 20.5 Å². The summed E-state index contributed by atoms with van der Waals surface area (Å²) < 4.78 is 12.9. The molecule has 1 aliphatic rings. The van der Waals surface area contributed by atoms with Gasteiger partial charge in [-0.3, -0.25) is 4.99 Å². The summed E-state index contributed by atoms with van der Waals surface area (Å²) in [6, 6.07) is 14.9. The van der Waals surface area contributed by atoms with Crippen molar-refractivity contribution in [1.82, 2.24) is 20.2 Å². The fourth-order valence-corrected chi connectivity index (χ4v) is 4.09. The Kier molecular flexibility index (Phi) is 7.34. The monoisotopic (exact) mass is 448 g/mol. The van der Waals surface area contributed by atoms with Crippen LogP contribution in [-0.4, -0.2) is 55.9 Å². The molecular weight excluding hydrogens is 416 g/mol. The molecule has 1 saturated heterocycles. The maximum atomic E-state index is 5.42. The van der Waals surface area contributed by atoms with E-state index in [0.717, 1.165) is 49.2 Å². The zero-order valence-corrected chi connectivity index (χ0v) is 19.5. The molecule has 2 heterocycles. The van der Waals surface area contributed by atoms with E-state index in [4.69, 9.17) is 9.47 Å². The van der Waals surface area contributed by atoms with Crippen LogP contribution in [0.5, 0.6) is 11.5 Å². The van der Waals surface area contributed by atoms with Crippen LogP contribution in [0.15, 0.2) is 66.2 Å². The third kappa shape index (κ3) is 5.97. The molecule has 0 radical (unpaired) electrons. The highest BCUT2D eigenvalue weighted by molar-refractivity contribution is 5.80. The van der Waals surface area contributed by atoms with Gasteiger partial charge in [-0.2, -0.15) is 0 Å². The number of aromatic nitrogens is 2. The number of hydrogen-bond acceptors (Lipinski definition) is 5. The number of imidazole rings is 1. The smallest absolute Gasteiger partial charge is 0.191 e. The highest BCUT2D eigenvalue weighted by atomic mass is 16.5. The van der Waals surface area contributed by atoms with Crippen molar-refractivity contribution in [2.24, 2.45) is 4.99 Å². The molecule has 0 spiro atoms. The number of benzene rings is 2. The average Bonchev–Trinajstić information content (AvgIpc) is 3.54. The molecule has 174 valence electrons. The van der Waals surface area contributed by atoms with Crippen LogP contribution in [0.2, 0.25) is 0 Å². The number of aliphatic imine (C=N–C) groups is 1. The lowest BCUT2D eigenvalue weighted by Gasteiger charge is -2.21. The zero-order valence-electron chi connectivity index (χ0n) is 19.5. The summed E-state index contributed by atoms with van der Waals surface area (Å²) in [4.78, 5) is 10.9. The van der Waals surface area contributed by atoms with Crippen LogP contribution in [-0.2, 0) is 13.1 Å². The minimum Gasteiger partial charge on any atom is -0.497 e. The number of anilines is 1. The molecule has 4 rings (SSSR count). The molecular formula is C25H32N6O2. The van der Waals surface area contributed by atoms with Crippen LogP contribution in [0.25, 0.3) is 0 Å². The molecule has 2 N–H and O–H groups in total. The Labute approximate surface area is 195 Å². The summed E-state index contributed by atoms with van der Waals surface area (Å²) in [7, 11) is 5.16. The van der Waals surface area contributed by atoms with Gasteiger partial charge in [0.2, 0.25) is 0 Å². The summed E-state index contributed by atoms with van der Waals surface area (Å²) in [5.41, 5.74) is 3.57. The number of rotatable bonds is 8. The number of methoxy groups -OCH3 is 2. The van der Waals surface area contributed by atoms with Crippen molar-refractivity contribution in [1.29, 1.82) is 0 Å². The van der Waals surface area contributed by atoms with Gasteiger partial charge in [0, 0.05) is 75.5 Å². The molecule has 2 aromatic carbocycles. The van der Waals surface area contributed by atoms with Crippen molar-refractivity contribution in [3.05, 3.63) is 72.3 Å². The Morgan fingerprint density at radius 2 is 1.91 bits per heavy atom. The summed E-state index contributed by atoms with van der Waals surface area (Å²) in [5.74, 6) is 2.41. The van der Waals surface area contributed by atoms with E-state index in [-0.39, 0.29) is 0 Å². The van der Waals surface area contributed by atoms with Gasteiger partial charge in [-0.05, 0) is 17.5 Å². The van der Waals surface area contributed by atoms with Crippen LogP contribution in [0, 0.1) is 0 Å². The molecule has 3 aromatic rings. The molecule has 0 amide bonds. The maximum Gasteiger partial charge on any atom is 0.191 e. The zero-order chi connectivity index (χ0) is 23.0. The lowest BCUT2D eigenvalue weighted by atomic mass is 10.1. The predicted octanol–water partition coefficient (Wildman–Crippen LogP) is 2.89. The van der Waals surface area contributed by atoms with Gasteiger partial charge in [0.1, 0.15) is 11.5 Å². The summed E-state index contributed by atoms with van der Waals surface area (Å²) >= 11 is 0. The molecule has 1 unspecified atom stereocenters. The van der Waals surface area contributed by atoms with Crippen LogP contribution in [0.1, 0.15) is 17.5 Å². The SMILES string of the molecule is CN=C(NCc1cccc(Cn2ccnc2)c1)NC1CCN(c2cc(OC)cc(OC)c2)C1. The second-order valence-corrected chi connectivity index (χ2v) is 8.13. The molecule has 8 nitrogen and oxygen atoms in total. The Bertz CT molecular complexity index is 1040. The fraction of sp³-hybridized carbons (Fsp3) is 0.360. The lowest BCUT2D eigenvalue weighted by molar-refractivity contribution is 0.394. The van der Waals surface area contributed by atoms with Crippen LogP contribution >= 0.6 is 0 Å². The standard InChI is InChI=1S/C25H32N6O2/c1-26-25(28-15-19-5-4-6-20(11-19)16-30-10-8-27-18-30)29-21-7-9-31(17-21)22-12-23(32-2)14-24(13-22)33-3/h4-6,8,10-14,18,21H,7,9,15-17H2,1-3H3,(H2,26,28,29). The average molecular weight is 449 g/mol. The second-order valence-electron chi connectivity index (χ2n) is 8.13. The topological polar surface area (TPSA) is 75.9 Å². The van der Waals surface area contributed by atoms with Crippen molar-refractivity contribution < 1.29 is 9.47 Å². The number of nitrogens with one attached hydrogen (secondary N) is 2. The van der Waals surface area contributed by atoms with E-state index in [0.29, 0.717) is 12.6 Å². The van der Waals surface area contributed by atoms with Crippen molar-refractivity contribution in [3.8, 4) is 11.5 Å². The van der Waals surface area contributed by atoms with E-state index in [2.05, 4.69) is 66.5 Å². The van der Waals surface area contributed by atoms with E-state index in [9.17, 15) is 0 Å². The first-order chi connectivity index (χ1) is 16.2. The molecule has 0 aliphatic carbocycles. The molecule has 33 heavy (non-hydrogen) atoms. The second kappa shape index (κ2) is 10.8.